The van der Waals surface area contributed by atoms with E-state index in [1.807, 2.05) is 19.1 Å². The summed E-state index contributed by atoms with van der Waals surface area (Å²) in [5.41, 5.74) is 3.17. The predicted molar refractivity (Wildman–Crippen MR) is 91.6 cm³/mol. The Kier molecular flexibility index (Phi) is 5.02. The van der Waals surface area contributed by atoms with Gasteiger partial charge in [0.15, 0.2) is 5.65 Å². The van der Waals surface area contributed by atoms with Crippen molar-refractivity contribution in [3.8, 4) is 0 Å². The fourth-order valence-electron chi connectivity index (χ4n) is 2.02. The number of hydrogen-bond acceptors (Lipinski definition) is 5. The topological polar surface area (TPSA) is 73.6 Å². The van der Waals surface area contributed by atoms with Gasteiger partial charge in [-0.05, 0) is 31.2 Å². The van der Waals surface area contributed by atoms with Crippen LogP contribution in [0.5, 0.6) is 0 Å². The quantitative estimate of drug-likeness (QED) is 0.475. The number of nitrogens with zero attached hydrogens (tertiary/aromatic N) is 5. The minimum Gasteiger partial charge on any atom is -0.291 e. The first kappa shape index (κ1) is 16.7. The lowest BCUT2D eigenvalue weighted by Gasteiger charge is -2.08. The third kappa shape index (κ3) is 3.07. The summed E-state index contributed by atoms with van der Waals surface area (Å²) in [5.74, 6) is -0.124. The molecular weight excluding hydrogens is 414 g/mol. The first-order chi connectivity index (χ1) is 10.1. The van der Waals surface area contributed by atoms with Gasteiger partial charge in [0.1, 0.15) is 16.0 Å². The maximum atomic E-state index is 12.5. The molecule has 6 nitrogen and oxygen atoms in total. The standard InChI is InChI=1S/C14H12BrN5O.BrH/c1-8-4-3-5-10(16-8)13(21)12(15)9-6-7-11-14(17-9)20(2)19-18-11;/h3-7,12H,1-2H3;1H. The number of Topliss-reactive ketones (excluding diaryl/α,β-unsaturated/α-hetero) is 1. The fourth-order valence-corrected chi connectivity index (χ4v) is 2.50. The van der Waals surface area contributed by atoms with Gasteiger partial charge >= 0.3 is 0 Å². The summed E-state index contributed by atoms with van der Waals surface area (Å²) in [6.07, 6.45) is 0. The second-order valence-electron chi connectivity index (χ2n) is 4.68. The summed E-state index contributed by atoms with van der Waals surface area (Å²) in [4.78, 5) is 20.6. The Labute approximate surface area is 145 Å². The molecule has 0 bridgehead atoms. The average molecular weight is 427 g/mol. The normalized spacial score (nSPS) is 12.0. The second-order valence-corrected chi connectivity index (χ2v) is 5.60. The number of alkyl halides is 1. The number of pyridine rings is 2. The molecule has 3 aromatic heterocycles. The molecule has 0 saturated carbocycles. The van der Waals surface area contributed by atoms with E-state index in [1.165, 1.54) is 0 Å². The number of ketones is 1. The molecule has 1 unspecified atom stereocenters. The van der Waals surface area contributed by atoms with Crippen LogP contribution >= 0.6 is 32.9 Å². The molecule has 0 radical (unpaired) electrons. The van der Waals surface area contributed by atoms with Gasteiger partial charge in [-0.3, -0.25) is 4.79 Å². The van der Waals surface area contributed by atoms with Crippen molar-refractivity contribution >= 4 is 49.9 Å². The molecule has 3 aromatic rings. The van der Waals surface area contributed by atoms with E-state index in [0.717, 1.165) is 5.69 Å². The van der Waals surface area contributed by atoms with Gasteiger partial charge in [0, 0.05) is 12.7 Å². The first-order valence-corrected chi connectivity index (χ1v) is 7.26. The first-order valence-electron chi connectivity index (χ1n) is 6.34. The van der Waals surface area contributed by atoms with Crippen LogP contribution in [-0.4, -0.2) is 30.7 Å². The number of hydrogen-bond donors (Lipinski definition) is 0. The minimum atomic E-state index is -0.550. The summed E-state index contributed by atoms with van der Waals surface area (Å²) < 4.78 is 1.58. The van der Waals surface area contributed by atoms with Crippen molar-refractivity contribution in [2.24, 2.45) is 7.05 Å². The molecule has 3 rings (SSSR count). The van der Waals surface area contributed by atoms with Crippen LogP contribution in [0.3, 0.4) is 0 Å². The van der Waals surface area contributed by atoms with Crippen LogP contribution in [0.25, 0.3) is 11.2 Å². The van der Waals surface area contributed by atoms with Crippen LogP contribution in [0.1, 0.15) is 26.7 Å². The Hall–Kier alpha value is -1.67. The van der Waals surface area contributed by atoms with Crippen LogP contribution in [0.15, 0.2) is 30.3 Å². The van der Waals surface area contributed by atoms with Gasteiger partial charge in [-0.2, -0.15) is 0 Å². The largest absolute Gasteiger partial charge is 0.291 e. The SMILES string of the molecule is Br.Cc1cccc(C(=O)C(Br)c2ccc3nnn(C)c3n2)n1. The third-order valence-corrected chi connectivity index (χ3v) is 3.98. The lowest BCUT2D eigenvalue weighted by molar-refractivity contribution is 0.0985. The maximum absolute atomic E-state index is 12.5. The summed E-state index contributed by atoms with van der Waals surface area (Å²) in [5, 5.41) is 7.87. The van der Waals surface area contributed by atoms with Crippen molar-refractivity contribution in [2.45, 2.75) is 11.8 Å². The average Bonchev–Trinajstić information content (AvgIpc) is 2.87. The number of fused-ring (bicyclic) bond motifs is 1. The number of aryl methyl sites for hydroxylation is 2. The van der Waals surface area contributed by atoms with Gasteiger partial charge in [-0.1, -0.05) is 27.2 Å². The van der Waals surface area contributed by atoms with E-state index in [9.17, 15) is 4.79 Å². The van der Waals surface area contributed by atoms with Gasteiger partial charge in [-0.25, -0.2) is 14.6 Å². The van der Waals surface area contributed by atoms with Gasteiger partial charge in [0.2, 0.25) is 5.78 Å². The monoisotopic (exact) mass is 425 g/mol. The summed E-state index contributed by atoms with van der Waals surface area (Å²) >= 11 is 3.41. The zero-order valence-corrected chi connectivity index (χ0v) is 15.2. The van der Waals surface area contributed by atoms with E-state index in [1.54, 1.807) is 29.9 Å². The van der Waals surface area contributed by atoms with Crippen molar-refractivity contribution in [1.82, 2.24) is 25.0 Å². The molecule has 0 spiro atoms. The molecule has 0 fully saturated rings. The Morgan fingerprint density at radius 1 is 1.23 bits per heavy atom. The summed E-state index contributed by atoms with van der Waals surface area (Å²) in [6.45, 7) is 1.85. The third-order valence-electron chi connectivity index (χ3n) is 3.10. The lowest BCUT2D eigenvalue weighted by Crippen LogP contribution is -2.11. The molecule has 0 saturated heterocycles. The number of aromatic nitrogens is 5. The van der Waals surface area contributed by atoms with Crippen LogP contribution in [0.2, 0.25) is 0 Å². The Bertz CT molecular complexity index is 833. The number of carbonyl (C=O) groups excluding carboxylic acids is 1. The van der Waals surface area contributed by atoms with Crippen LogP contribution in [0, 0.1) is 6.92 Å². The highest BCUT2D eigenvalue weighted by Crippen LogP contribution is 2.26. The highest BCUT2D eigenvalue weighted by Gasteiger charge is 2.22. The zero-order valence-electron chi connectivity index (χ0n) is 11.9. The van der Waals surface area contributed by atoms with E-state index < -0.39 is 4.83 Å². The number of carbonyl (C=O) groups is 1. The predicted octanol–water partition coefficient (Wildman–Crippen LogP) is 2.96. The van der Waals surface area contributed by atoms with Crippen molar-refractivity contribution in [3.05, 3.63) is 47.4 Å². The minimum absolute atomic E-state index is 0. The highest BCUT2D eigenvalue weighted by molar-refractivity contribution is 9.09. The molecule has 0 aromatic carbocycles. The van der Waals surface area contributed by atoms with Crippen molar-refractivity contribution in [3.63, 3.8) is 0 Å². The van der Waals surface area contributed by atoms with E-state index in [-0.39, 0.29) is 22.8 Å². The van der Waals surface area contributed by atoms with Gasteiger partial charge in [0.05, 0.1) is 5.69 Å². The number of rotatable bonds is 3. The van der Waals surface area contributed by atoms with Crippen LogP contribution in [0.4, 0.5) is 0 Å². The van der Waals surface area contributed by atoms with Gasteiger partial charge < -0.3 is 0 Å². The molecule has 0 aliphatic heterocycles. The van der Waals surface area contributed by atoms with E-state index in [4.69, 9.17) is 0 Å². The molecule has 0 aliphatic carbocycles. The smallest absolute Gasteiger partial charge is 0.200 e. The second kappa shape index (κ2) is 6.62. The Morgan fingerprint density at radius 2 is 2.00 bits per heavy atom. The van der Waals surface area contributed by atoms with E-state index in [2.05, 4.69) is 36.2 Å². The van der Waals surface area contributed by atoms with Crippen molar-refractivity contribution in [2.75, 3.05) is 0 Å². The summed E-state index contributed by atoms with van der Waals surface area (Å²) in [7, 11) is 1.76. The molecule has 0 aliphatic rings. The molecule has 0 amide bonds. The molecule has 22 heavy (non-hydrogen) atoms. The van der Waals surface area contributed by atoms with E-state index >= 15 is 0 Å². The molecular formula is C14H13Br2N5O. The van der Waals surface area contributed by atoms with Crippen LogP contribution in [-0.2, 0) is 7.05 Å². The van der Waals surface area contributed by atoms with Crippen molar-refractivity contribution in [1.29, 1.82) is 0 Å². The molecule has 1 atom stereocenters. The lowest BCUT2D eigenvalue weighted by atomic mass is 10.1. The maximum Gasteiger partial charge on any atom is 0.200 e. The fraction of sp³-hybridized carbons (Fsp3) is 0.214. The van der Waals surface area contributed by atoms with Crippen LogP contribution < -0.4 is 0 Å². The summed E-state index contributed by atoms with van der Waals surface area (Å²) in [6, 6.07) is 8.94. The van der Waals surface area contributed by atoms with Gasteiger partial charge in [0.25, 0.3) is 0 Å². The van der Waals surface area contributed by atoms with E-state index in [0.29, 0.717) is 22.6 Å². The Balaban J connectivity index is 0.00000176. The highest BCUT2D eigenvalue weighted by atomic mass is 79.9. The Morgan fingerprint density at radius 3 is 2.73 bits per heavy atom. The molecule has 3 heterocycles. The molecule has 8 heteroatoms. The zero-order chi connectivity index (χ0) is 15.0. The van der Waals surface area contributed by atoms with Crippen molar-refractivity contribution < 1.29 is 4.79 Å². The molecule has 114 valence electrons. The molecule has 0 N–H and O–H groups in total. The van der Waals surface area contributed by atoms with Gasteiger partial charge in [-0.15, -0.1) is 22.1 Å². The number of halogens is 2.